The summed E-state index contributed by atoms with van der Waals surface area (Å²) in [7, 11) is 3.02. The summed E-state index contributed by atoms with van der Waals surface area (Å²) < 4.78 is 10.9. The maximum atomic E-state index is 13.5. The minimum atomic E-state index is -0.536. The Balaban J connectivity index is 1.26. The molecule has 5 aromatic rings. The normalized spacial score (nSPS) is 11.7. The molecule has 0 aliphatic carbocycles. The van der Waals surface area contributed by atoms with Crippen molar-refractivity contribution < 1.29 is 23.9 Å². The van der Waals surface area contributed by atoms with Crippen LogP contribution in [0.15, 0.2) is 119 Å². The number of amides is 3. The molecule has 0 fully saturated rings. The minimum absolute atomic E-state index is 0.00626. The number of ether oxygens (including phenoxy) is 2. The van der Waals surface area contributed by atoms with E-state index in [1.54, 1.807) is 60.7 Å². The van der Waals surface area contributed by atoms with Gasteiger partial charge in [-0.1, -0.05) is 60.7 Å². The predicted octanol–water partition coefficient (Wildman–Crippen LogP) is 7.36. The standard InChI is InChI=1S/C36H32N4O5S2/c1-23(33(41)40-36-39-30(22-46-36)24-11-6-4-7-12-24)47-28-19-17-27(18-20-28)37-35(43)29(38-34(42)25-13-8-5-9-14-25)21-26-15-10-16-31(44-2)32(26)45-3/h4-23H,1-3H3,(H,37,43)(H,38,42)(H,39,40,41)/b29-21-. The number of carbonyl (C=O) groups is 3. The number of thiazole rings is 1. The lowest BCUT2D eigenvalue weighted by Crippen LogP contribution is -2.30. The maximum absolute atomic E-state index is 13.5. The molecule has 0 radical (unpaired) electrons. The van der Waals surface area contributed by atoms with Crippen LogP contribution in [0.5, 0.6) is 11.5 Å². The van der Waals surface area contributed by atoms with Crippen molar-refractivity contribution >= 4 is 57.7 Å². The lowest BCUT2D eigenvalue weighted by Gasteiger charge is -2.14. The summed E-state index contributed by atoms with van der Waals surface area (Å²) in [4.78, 5) is 44.8. The Kier molecular flexibility index (Phi) is 11.1. The quantitative estimate of drug-likeness (QED) is 0.0943. The molecule has 1 aromatic heterocycles. The summed E-state index contributed by atoms with van der Waals surface area (Å²) in [5, 5.41) is 10.5. The Bertz CT molecular complexity index is 1880. The van der Waals surface area contributed by atoms with Gasteiger partial charge in [-0.15, -0.1) is 23.1 Å². The van der Waals surface area contributed by atoms with Gasteiger partial charge in [-0.3, -0.25) is 14.4 Å². The van der Waals surface area contributed by atoms with E-state index >= 15 is 0 Å². The highest BCUT2D eigenvalue weighted by Gasteiger charge is 2.19. The van der Waals surface area contributed by atoms with Crippen molar-refractivity contribution in [2.24, 2.45) is 0 Å². The van der Waals surface area contributed by atoms with E-state index < -0.39 is 17.1 Å². The van der Waals surface area contributed by atoms with Crippen molar-refractivity contribution in [3.8, 4) is 22.8 Å². The fraction of sp³-hybridized carbons (Fsp3) is 0.111. The Morgan fingerprint density at radius 3 is 2.21 bits per heavy atom. The van der Waals surface area contributed by atoms with E-state index in [1.807, 2.05) is 54.8 Å². The van der Waals surface area contributed by atoms with Crippen molar-refractivity contribution in [2.45, 2.75) is 17.1 Å². The average Bonchev–Trinajstić information content (AvgIpc) is 3.57. The number of nitrogens with zero attached hydrogens (tertiary/aromatic N) is 1. The van der Waals surface area contributed by atoms with Gasteiger partial charge in [0.25, 0.3) is 11.8 Å². The number of aromatic nitrogens is 1. The second-order valence-electron chi connectivity index (χ2n) is 10.1. The van der Waals surface area contributed by atoms with Gasteiger partial charge < -0.3 is 25.4 Å². The molecular formula is C36H32N4O5S2. The summed E-state index contributed by atoms with van der Waals surface area (Å²) in [6.07, 6.45) is 1.54. The van der Waals surface area contributed by atoms with Crippen molar-refractivity contribution in [1.29, 1.82) is 0 Å². The van der Waals surface area contributed by atoms with E-state index in [0.29, 0.717) is 33.4 Å². The number of thioether (sulfide) groups is 1. The molecule has 238 valence electrons. The molecule has 1 heterocycles. The number of rotatable bonds is 12. The van der Waals surface area contributed by atoms with Gasteiger partial charge in [-0.2, -0.15) is 0 Å². The number of methoxy groups -OCH3 is 2. The first kappa shape index (κ1) is 33.0. The number of para-hydroxylation sites is 1. The topological polar surface area (TPSA) is 119 Å². The van der Waals surface area contributed by atoms with Gasteiger partial charge in [-0.05, 0) is 55.5 Å². The number of benzene rings is 4. The SMILES string of the molecule is COc1cccc(/C=C(\NC(=O)c2ccccc2)C(=O)Nc2ccc(SC(C)C(=O)Nc3nc(-c4ccccc4)cs3)cc2)c1OC. The van der Waals surface area contributed by atoms with Crippen molar-refractivity contribution in [2.75, 3.05) is 24.9 Å². The molecule has 11 heteroatoms. The molecule has 0 saturated heterocycles. The van der Waals surface area contributed by atoms with Crippen LogP contribution in [0.2, 0.25) is 0 Å². The zero-order valence-electron chi connectivity index (χ0n) is 25.9. The summed E-state index contributed by atoms with van der Waals surface area (Å²) in [5.41, 5.74) is 3.24. The molecule has 1 unspecified atom stereocenters. The number of hydrogen-bond acceptors (Lipinski definition) is 8. The van der Waals surface area contributed by atoms with Crippen LogP contribution >= 0.6 is 23.1 Å². The summed E-state index contributed by atoms with van der Waals surface area (Å²) in [6, 6.07) is 30.8. The first-order valence-corrected chi connectivity index (χ1v) is 16.3. The molecule has 0 spiro atoms. The zero-order valence-corrected chi connectivity index (χ0v) is 27.5. The molecule has 1 atom stereocenters. The lowest BCUT2D eigenvalue weighted by molar-refractivity contribution is -0.115. The lowest BCUT2D eigenvalue weighted by atomic mass is 10.1. The predicted molar refractivity (Wildman–Crippen MR) is 188 cm³/mol. The fourth-order valence-corrected chi connectivity index (χ4v) is 6.07. The van der Waals surface area contributed by atoms with Gasteiger partial charge in [0.05, 0.1) is 25.2 Å². The van der Waals surface area contributed by atoms with Crippen LogP contribution in [0.1, 0.15) is 22.8 Å². The zero-order chi connectivity index (χ0) is 33.2. The number of nitrogens with one attached hydrogen (secondary N) is 3. The van der Waals surface area contributed by atoms with Crippen LogP contribution in [0.25, 0.3) is 17.3 Å². The van der Waals surface area contributed by atoms with Crippen LogP contribution < -0.4 is 25.4 Å². The van der Waals surface area contributed by atoms with Gasteiger partial charge in [-0.25, -0.2) is 4.98 Å². The van der Waals surface area contributed by atoms with Crippen molar-refractivity contribution in [3.05, 3.63) is 125 Å². The van der Waals surface area contributed by atoms with Gasteiger partial charge in [0.1, 0.15) is 5.70 Å². The first-order chi connectivity index (χ1) is 22.8. The smallest absolute Gasteiger partial charge is 0.272 e. The Labute approximate surface area is 281 Å². The molecule has 4 aromatic carbocycles. The molecule has 0 bridgehead atoms. The fourth-order valence-electron chi connectivity index (χ4n) is 4.48. The summed E-state index contributed by atoms with van der Waals surface area (Å²) in [5.74, 6) is -0.249. The molecule has 3 N–H and O–H groups in total. The van der Waals surface area contributed by atoms with Crippen LogP contribution in [0.4, 0.5) is 10.8 Å². The second-order valence-corrected chi connectivity index (χ2v) is 12.4. The number of anilines is 2. The summed E-state index contributed by atoms with van der Waals surface area (Å²) in [6.45, 7) is 1.82. The van der Waals surface area contributed by atoms with Crippen LogP contribution in [-0.2, 0) is 9.59 Å². The monoisotopic (exact) mass is 664 g/mol. The van der Waals surface area contributed by atoms with E-state index in [-0.39, 0.29) is 11.6 Å². The molecule has 47 heavy (non-hydrogen) atoms. The third-order valence-electron chi connectivity index (χ3n) is 6.86. The van der Waals surface area contributed by atoms with E-state index in [2.05, 4.69) is 20.9 Å². The highest BCUT2D eigenvalue weighted by atomic mass is 32.2. The van der Waals surface area contributed by atoms with Crippen molar-refractivity contribution in [3.63, 3.8) is 0 Å². The van der Waals surface area contributed by atoms with Gasteiger partial charge in [0, 0.05) is 32.7 Å². The van der Waals surface area contributed by atoms with Gasteiger partial charge in [0.15, 0.2) is 16.6 Å². The van der Waals surface area contributed by atoms with E-state index in [1.165, 1.54) is 43.4 Å². The molecule has 3 amide bonds. The van der Waals surface area contributed by atoms with E-state index in [9.17, 15) is 14.4 Å². The Morgan fingerprint density at radius 1 is 0.830 bits per heavy atom. The Morgan fingerprint density at radius 2 is 1.53 bits per heavy atom. The van der Waals surface area contributed by atoms with E-state index in [4.69, 9.17) is 9.47 Å². The largest absolute Gasteiger partial charge is 0.493 e. The van der Waals surface area contributed by atoms with Crippen LogP contribution in [0, 0.1) is 0 Å². The number of carbonyl (C=O) groups excluding carboxylic acids is 3. The third-order valence-corrected chi connectivity index (χ3v) is 8.73. The Hall–Kier alpha value is -5.39. The highest BCUT2D eigenvalue weighted by molar-refractivity contribution is 8.00. The van der Waals surface area contributed by atoms with Crippen LogP contribution in [0.3, 0.4) is 0 Å². The second kappa shape index (κ2) is 15.7. The maximum Gasteiger partial charge on any atom is 0.272 e. The molecule has 5 rings (SSSR count). The molecule has 0 saturated carbocycles. The number of hydrogen-bond donors (Lipinski definition) is 3. The molecule has 0 aliphatic heterocycles. The molecule has 0 aliphatic rings. The van der Waals surface area contributed by atoms with Crippen LogP contribution in [-0.4, -0.2) is 42.2 Å². The first-order valence-electron chi connectivity index (χ1n) is 14.5. The van der Waals surface area contributed by atoms with E-state index in [0.717, 1.165) is 16.2 Å². The molecule has 9 nitrogen and oxygen atoms in total. The average molecular weight is 665 g/mol. The molecular weight excluding hydrogens is 633 g/mol. The van der Waals surface area contributed by atoms with Gasteiger partial charge in [0.2, 0.25) is 5.91 Å². The minimum Gasteiger partial charge on any atom is -0.493 e. The van der Waals surface area contributed by atoms with Crippen molar-refractivity contribution in [1.82, 2.24) is 10.3 Å². The van der Waals surface area contributed by atoms with Gasteiger partial charge >= 0.3 is 0 Å². The highest BCUT2D eigenvalue weighted by Crippen LogP contribution is 2.32. The summed E-state index contributed by atoms with van der Waals surface area (Å²) >= 11 is 2.76. The third kappa shape index (κ3) is 8.66.